The third-order valence-electron chi connectivity index (χ3n) is 4.88. The number of methoxy groups -OCH3 is 1. The van der Waals surface area contributed by atoms with Gasteiger partial charge >= 0.3 is 0 Å². The molecule has 2 aromatic heterocycles. The zero-order chi connectivity index (χ0) is 22.7. The lowest BCUT2D eigenvalue weighted by Crippen LogP contribution is -2.27. The van der Waals surface area contributed by atoms with Crippen molar-refractivity contribution in [2.75, 3.05) is 12.4 Å². The largest absolute Gasteiger partial charge is 0.495 e. The van der Waals surface area contributed by atoms with Crippen molar-refractivity contribution in [2.24, 2.45) is 0 Å². The van der Waals surface area contributed by atoms with Crippen LogP contribution in [0.5, 0.6) is 5.75 Å². The number of hydrogen-bond acceptors (Lipinski definition) is 6. The van der Waals surface area contributed by atoms with Crippen LogP contribution in [0.3, 0.4) is 0 Å². The molecular weight excluding hydrogens is 408 g/mol. The van der Waals surface area contributed by atoms with Crippen molar-refractivity contribution in [1.29, 1.82) is 0 Å². The minimum atomic E-state index is -0.362. The van der Waals surface area contributed by atoms with Gasteiger partial charge in [0.1, 0.15) is 12.3 Å². The summed E-state index contributed by atoms with van der Waals surface area (Å²) in [5, 5.41) is 6.83. The van der Waals surface area contributed by atoms with Crippen LogP contribution in [-0.4, -0.2) is 27.7 Å². The second kappa shape index (κ2) is 8.89. The van der Waals surface area contributed by atoms with Crippen molar-refractivity contribution in [3.05, 3.63) is 82.3 Å². The molecule has 32 heavy (non-hydrogen) atoms. The molecule has 2 aromatic carbocycles. The predicted octanol–water partition coefficient (Wildman–Crippen LogP) is 3.83. The topological polar surface area (TPSA) is 99.2 Å². The highest BCUT2D eigenvalue weighted by atomic mass is 16.5. The Morgan fingerprint density at radius 1 is 1.06 bits per heavy atom. The number of hydrogen-bond donors (Lipinski definition) is 1. The number of anilines is 1. The van der Waals surface area contributed by atoms with Gasteiger partial charge in [-0.25, -0.2) is 0 Å². The molecule has 0 aliphatic carbocycles. The van der Waals surface area contributed by atoms with Gasteiger partial charge in [0.25, 0.3) is 11.4 Å². The van der Waals surface area contributed by atoms with E-state index < -0.39 is 0 Å². The van der Waals surface area contributed by atoms with Crippen LogP contribution in [0, 0.1) is 13.8 Å². The Morgan fingerprint density at radius 3 is 2.66 bits per heavy atom. The number of ether oxygens (including phenoxy) is 1. The predicted molar refractivity (Wildman–Crippen MR) is 121 cm³/mol. The first-order valence-corrected chi connectivity index (χ1v) is 9.99. The summed E-state index contributed by atoms with van der Waals surface area (Å²) in [6.45, 7) is 3.72. The maximum atomic E-state index is 12.6. The van der Waals surface area contributed by atoms with Crippen molar-refractivity contribution in [3.63, 3.8) is 0 Å². The minimum Gasteiger partial charge on any atom is -0.495 e. The molecule has 1 amide bonds. The molecule has 0 atom stereocenters. The number of rotatable bonds is 6. The van der Waals surface area contributed by atoms with Crippen molar-refractivity contribution >= 4 is 11.6 Å². The number of aromatic nitrogens is 3. The highest BCUT2D eigenvalue weighted by Crippen LogP contribution is 2.25. The van der Waals surface area contributed by atoms with E-state index in [9.17, 15) is 9.59 Å². The van der Waals surface area contributed by atoms with Gasteiger partial charge in [0.2, 0.25) is 11.7 Å². The molecule has 0 spiro atoms. The zero-order valence-electron chi connectivity index (χ0n) is 18.0. The molecule has 8 nitrogen and oxygen atoms in total. The van der Waals surface area contributed by atoms with E-state index in [4.69, 9.17) is 9.26 Å². The lowest BCUT2D eigenvalue weighted by molar-refractivity contribution is -0.116. The summed E-state index contributed by atoms with van der Waals surface area (Å²) in [7, 11) is 1.53. The molecule has 0 saturated carbocycles. The summed E-state index contributed by atoms with van der Waals surface area (Å²) >= 11 is 0. The second-order valence-corrected chi connectivity index (χ2v) is 7.43. The van der Waals surface area contributed by atoms with E-state index in [1.54, 1.807) is 18.2 Å². The molecule has 2 heterocycles. The lowest BCUT2D eigenvalue weighted by atomic mass is 10.1. The highest BCUT2D eigenvalue weighted by Gasteiger charge is 2.14. The highest BCUT2D eigenvalue weighted by molar-refractivity contribution is 5.92. The Labute approximate surface area is 184 Å². The second-order valence-electron chi connectivity index (χ2n) is 7.43. The number of benzene rings is 2. The van der Waals surface area contributed by atoms with Crippen LogP contribution < -0.4 is 15.6 Å². The molecule has 8 heteroatoms. The molecule has 0 unspecified atom stereocenters. The summed E-state index contributed by atoms with van der Waals surface area (Å²) in [4.78, 5) is 29.4. The van der Waals surface area contributed by atoms with Crippen molar-refractivity contribution in [2.45, 2.75) is 20.4 Å². The van der Waals surface area contributed by atoms with E-state index in [1.807, 2.05) is 44.2 Å². The summed E-state index contributed by atoms with van der Waals surface area (Å²) in [6, 6.07) is 16.2. The van der Waals surface area contributed by atoms with E-state index >= 15 is 0 Å². The number of aryl methyl sites for hydroxylation is 2. The number of nitrogens with zero attached hydrogens (tertiary/aromatic N) is 3. The van der Waals surface area contributed by atoms with Gasteiger partial charge in [0.05, 0.1) is 18.4 Å². The fraction of sp³-hybridized carbons (Fsp3) is 0.167. The van der Waals surface area contributed by atoms with Gasteiger partial charge in [-0.1, -0.05) is 35.0 Å². The fourth-order valence-corrected chi connectivity index (χ4v) is 3.29. The van der Waals surface area contributed by atoms with Crippen LogP contribution in [0.4, 0.5) is 5.69 Å². The van der Waals surface area contributed by atoms with Crippen LogP contribution in [0.2, 0.25) is 0 Å². The van der Waals surface area contributed by atoms with Gasteiger partial charge in [-0.3, -0.25) is 9.59 Å². The molecule has 0 aliphatic heterocycles. The maximum absolute atomic E-state index is 12.6. The lowest BCUT2D eigenvalue weighted by Gasteiger charge is -2.12. The third kappa shape index (κ3) is 4.59. The maximum Gasteiger partial charge on any atom is 0.259 e. The Bertz CT molecular complexity index is 1340. The van der Waals surface area contributed by atoms with Gasteiger partial charge in [-0.05, 0) is 43.7 Å². The number of nitrogens with one attached hydrogen (secondary N) is 1. The monoisotopic (exact) mass is 430 g/mol. The Balaban J connectivity index is 1.55. The Morgan fingerprint density at radius 2 is 1.88 bits per heavy atom. The van der Waals surface area contributed by atoms with Crippen LogP contribution in [0.25, 0.3) is 22.8 Å². The van der Waals surface area contributed by atoms with Gasteiger partial charge in [0.15, 0.2) is 0 Å². The summed E-state index contributed by atoms with van der Waals surface area (Å²) < 4.78 is 12.0. The smallest absolute Gasteiger partial charge is 0.259 e. The number of carbonyl (C=O) groups is 1. The third-order valence-corrected chi connectivity index (χ3v) is 4.88. The molecule has 4 rings (SSSR count). The molecule has 0 radical (unpaired) electrons. The summed E-state index contributed by atoms with van der Waals surface area (Å²) in [5.41, 5.74) is 3.65. The van der Waals surface area contributed by atoms with E-state index in [0.717, 1.165) is 16.7 Å². The molecule has 0 fully saturated rings. The van der Waals surface area contributed by atoms with Crippen LogP contribution in [0.1, 0.15) is 11.1 Å². The van der Waals surface area contributed by atoms with Gasteiger partial charge in [-0.2, -0.15) is 4.98 Å². The minimum absolute atomic E-state index is 0.178. The quantitative estimate of drug-likeness (QED) is 0.499. The van der Waals surface area contributed by atoms with Crippen LogP contribution in [-0.2, 0) is 11.3 Å². The molecule has 0 saturated heterocycles. The van der Waals surface area contributed by atoms with E-state index in [1.165, 1.54) is 23.9 Å². The zero-order valence-corrected chi connectivity index (χ0v) is 18.0. The van der Waals surface area contributed by atoms with Crippen LogP contribution >= 0.6 is 0 Å². The SMILES string of the molecule is COc1ccc(C)cc1NC(=O)Cn1cc(-c2nc(-c3cccc(C)c3)no2)ccc1=O. The molecule has 162 valence electrons. The molecule has 0 bridgehead atoms. The Hall–Kier alpha value is -4.20. The van der Waals surface area contributed by atoms with Crippen molar-refractivity contribution in [3.8, 4) is 28.6 Å². The first kappa shape index (κ1) is 21.0. The van der Waals surface area contributed by atoms with E-state index in [-0.39, 0.29) is 23.9 Å². The normalized spacial score (nSPS) is 10.7. The molecule has 1 N–H and O–H groups in total. The van der Waals surface area contributed by atoms with Gasteiger partial charge < -0.3 is 19.1 Å². The number of carbonyl (C=O) groups excluding carboxylic acids is 1. The van der Waals surface area contributed by atoms with E-state index in [0.29, 0.717) is 22.8 Å². The standard InChI is InChI=1S/C24H22N4O4/c1-15-5-4-6-17(11-15)23-26-24(32-27-23)18-8-10-22(30)28(13-18)14-21(29)25-19-12-16(2)7-9-20(19)31-3/h4-13H,14H2,1-3H3,(H,25,29). The molecule has 4 aromatic rings. The van der Waals surface area contributed by atoms with Gasteiger partial charge in [-0.15, -0.1) is 0 Å². The average molecular weight is 430 g/mol. The summed E-state index contributed by atoms with van der Waals surface area (Å²) in [6.07, 6.45) is 1.53. The Kier molecular flexibility index (Phi) is 5.85. The molecule has 0 aliphatic rings. The van der Waals surface area contributed by atoms with Crippen LogP contribution in [0.15, 0.2) is 70.1 Å². The molecular formula is C24H22N4O4. The summed E-state index contributed by atoms with van der Waals surface area (Å²) in [5.74, 6) is 0.889. The first-order chi connectivity index (χ1) is 15.4. The number of pyridine rings is 1. The van der Waals surface area contributed by atoms with Gasteiger partial charge in [0, 0.05) is 17.8 Å². The fourth-order valence-electron chi connectivity index (χ4n) is 3.29. The van der Waals surface area contributed by atoms with Crippen molar-refractivity contribution in [1.82, 2.24) is 14.7 Å². The number of amides is 1. The van der Waals surface area contributed by atoms with Crippen molar-refractivity contribution < 1.29 is 14.1 Å². The average Bonchev–Trinajstić information content (AvgIpc) is 3.26. The van der Waals surface area contributed by atoms with E-state index in [2.05, 4.69) is 15.5 Å². The first-order valence-electron chi connectivity index (χ1n) is 9.99.